The van der Waals surface area contributed by atoms with Crippen LogP contribution in [0.5, 0.6) is 0 Å². The molecule has 15 heavy (non-hydrogen) atoms. The quantitative estimate of drug-likeness (QED) is 0.660. The van der Waals surface area contributed by atoms with E-state index in [1.165, 1.54) is 17.9 Å². The summed E-state index contributed by atoms with van der Waals surface area (Å²) in [6.45, 7) is 2.20. The number of nitrogens with one attached hydrogen (secondary N) is 2. The minimum Gasteiger partial charge on any atom is -0.316 e. The van der Waals surface area contributed by atoms with Crippen molar-refractivity contribution in [3.63, 3.8) is 0 Å². The summed E-state index contributed by atoms with van der Waals surface area (Å²) in [6.07, 6.45) is 1.21. The molecule has 0 saturated carbocycles. The Balaban J connectivity index is 2.73. The third kappa shape index (κ3) is 2.98. The van der Waals surface area contributed by atoms with Crippen LogP contribution in [0.1, 0.15) is 6.92 Å². The monoisotopic (exact) mass is 233 g/mol. The predicted octanol–water partition coefficient (Wildman–Crippen LogP) is -1.30. The van der Waals surface area contributed by atoms with Crippen molar-refractivity contribution in [2.45, 2.75) is 18.0 Å². The van der Waals surface area contributed by atoms with Gasteiger partial charge in [0.25, 0.3) is 10.0 Å². The normalized spacial score (nSPS) is 14.1. The first kappa shape index (κ1) is 12.1. The summed E-state index contributed by atoms with van der Waals surface area (Å²) >= 11 is 0. The minimum atomic E-state index is -3.50. The fourth-order valence-electron chi connectivity index (χ4n) is 0.934. The summed E-state index contributed by atoms with van der Waals surface area (Å²) < 4.78 is 27.1. The van der Waals surface area contributed by atoms with Gasteiger partial charge in [-0.15, -0.1) is 5.10 Å². The van der Waals surface area contributed by atoms with Gasteiger partial charge in [0, 0.05) is 19.6 Å². The van der Waals surface area contributed by atoms with E-state index in [0.29, 0.717) is 6.54 Å². The maximum atomic E-state index is 11.7. The zero-order valence-corrected chi connectivity index (χ0v) is 9.74. The molecule has 86 valence electrons. The largest absolute Gasteiger partial charge is 0.316 e. The van der Waals surface area contributed by atoms with Crippen molar-refractivity contribution < 1.29 is 8.42 Å². The molecule has 0 radical (unpaired) electrons. The number of aryl methyl sites for hydroxylation is 1. The number of rotatable bonds is 5. The first-order valence-corrected chi connectivity index (χ1v) is 5.97. The highest BCUT2D eigenvalue weighted by atomic mass is 32.2. The van der Waals surface area contributed by atoms with Crippen LogP contribution < -0.4 is 10.0 Å². The van der Waals surface area contributed by atoms with E-state index in [4.69, 9.17) is 0 Å². The van der Waals surface area contributed by atoms with Gasteiger partial charge < -0.3 is 5.32 Å². The number of aromatic nitrogens is 3. The number of hydrogen-bond acceptors (Lipinski definition) is 5. The lowest BCUT2D eigenvalue weighted by molar-refractivity contribution is 0.541. The molecule has 0 aliphatic heterocycles. The van der Waals surface area contributed by atoms with Gasteiger partial charge in [-0.25, -0.2) is 17.8 Å². The van der Waals surface area contributed by atoms with Crippen LogP contribution in [0.3, 0.4) is 0 Å². The highest BCUT2D eigenvalue weighted by molar-refractivity contribution is 7.89. The van der Waals surface area contributed by atoms with Crippen molar-refractivity contribution in [1.29, 1.82) is 0 Å². The first-order chi connectivity index (χ1) is 6.97. The topological polar surface area (TPSA) is 88.9 Å². The van der Waals surface area contributed by atoms with Crippen molar-refractivity contribution in [2.24, 2.45) is 7.05 Å². The summed E-state index contributed by atoms with van der Waals surface area (Å²) in [4.78, 5) is 0. The molecule has 1 atom stereocenters. The van der Waals surface area contributed by atoms with Gasteiger partial charge in [0.2, 0.25) is 0 Å². The fourth-order valence-corrected chi connectivity index (χ4v) is 2.12. The molecule has 1 aromatic heterocycles. The van der Waals surface area contributed by atoms with Gasteiger partial charge in [0.05, 0.1) is 6.20 Å². The molecular weight excluding hydrogens is 218 g/mol. The summed E-state index contributed by atoms with van der Waals surface area (Å²) in [5, 5.41) is 10.1. The molecule has 0 spiro atoms. The van der Waals surface area contributed by atoms with Gasteiger partial charge in [-0.05, 0) is 14.0 Å². The van der Waals surface area contributed by atoms with Gasteiger partial charge in [0.15, 0.2) is 5.03 Å². The van der Waals surface area contributed by atoms with Crippen molar-refractivity contribution in [3.8, 4) is 0 Å². The fraction of sp³-hybridized carbons (Fsp3) is 0.714. The number of hydrogen-bond donors (Lipinski definition) is 2. The van der Waals surface area contributed by atoms with Gasteiger partial charge in [0.1, 0.15) is 0 Å². The van der Waals surface area contributed by atoms with Crippen LogP contribution in [0, 0.1) is 0 Å². The van der Waals surface area contributed by atoms with Gasteiger partial charge in [-0.2, -0.15) is 0 Å². The van der Waals surface area contributed by atoms with Gasteiger partial charge >= 0.3 is 0 Å². The van der Waals surface area contributed by atoms with Crippen molar-refractivity contribution in [1.82, 2.24) is 25.0 Å². The number of likely N-dealkylation sites (N-methyl/N-ethyl adjacent to an activating group) is 1. The van der Waals surface area contributed by atoms with Crippen LogP contribution in [0.25, 0.3) is 0 Å². The Hall–Kier alpha value is -0.990. The smallest absolute Gasteiger partial charge is 0.259 e. The van der Waals surface area contributed by atoms with Crippen LogP contribution in [0.2, 0.25) is 0 Å². The Morgan fingerprint density at radius 1 is 1.60 bits per heavy atom. The molecule has 0 aliphatic rings. The maximum absolute atomic E-state index is 11.7. The second-order valence-electron chi connectivity index (χ2n) is 3.24. The maximum Gasteiger partial charge on any atom is 0.259 e. The van der Waals surface area contributed by atoms with Crippen molar-refractivity contribution in [2.75, 3.05) is 13.6 Å². The van der Waals surface area contributed by atoms with Gasteiger partial charge in [-0.3, -0.25) is 0 Å². The molecule has 0 fully saturated rings. The van der Waals surface area contributed by atoms with Crippen LogP contribution >= 0.6 is 0 Å². The lowest BCUT2D eigenvalue weighted by Crippen LogP contribution is -2.37. The molecule has 0 aliphatic carbocycles. The lowest BCUT2D eigenvalue weighted by atomic mass is 10.4. The molecule has 1 unspecified atom stereocenters. The average molecular weight is 233 g/mol. The molecule has 1 aromatic rings. The van der Waals surface area contributed by atoms with Gasteiger partial charge in [-0.1, -0.05) is 5.21 Å². The SMILES string of the molecule is CNC(C)CNS(=O)(=O)c1cnnn1C. The highest BCUT2D eigenvalue weighted by Gasteiger charge is 2.18. The lowest BCUT2D eigenvalue weighted by Gasteiger charge is -2.11. The Morgan fingerprint density at radius 2 is 2.27 bits per heavy atom. The molecule has 1 heterocycles. The Labute approximate surface area is 88.9 Å². The Morgan fingerprint density at radius 3 is 2.73 bits per heavy atom. The molecule has 1 rings (SSSR count). The minimum absolute atomic E-state index is 0.0609. The molecule has 0 amide bonds. The first-order valence-electron chi connectivity index (χ1n) is 4.49. The average Bonchev–Trinajstić information content (AvgIpc) is 2.61. The van der Waals surface area contributed by atoms with E-state index in [1.807, 2.05) is 6.92 Å². The second kappa shape index (κ2) is 4.69. The summed E-state index contributed by atoms with van der Waals surface area (Å²) in [5.74, 6) is 0. The highest BCUT2D eigenvalue weighted by Crippen LogP contribution is 2.03. The van der Waals surface area contributed by atoms with E-state index in [-0.39, 0.29) is 11.1 Å². The van der Waals surface area contributed by atoms with E-state index >= 15 is 0 Å². The molecular formula is C7H15N5O2S. The molecule has 2 N–H and O–H groups in total. The molecule has 0 bridgehead atoms. The third-order valence-electron chi connectivity index (χ3n) is 2.02. The molecule has 0 saturated heterocycles. The van der Waals surface area contributed by atoms with E-state index in [1.54, 1.807) is 7.05 Å². The number of sulfonamides is 1. The third-order valence-corrected chi connectivity index (χ3v) is 3.49. The van der Waals surface area contributed by atoms with E-state index in [9.17, 15) is 8.42 Å². The van der Waals surface area contributed by atoms with Crippen LogP contribution in [0.4, 0.5) is 0 Å². The van der Waals surface area contributed by atoms with E-state index in [0.717, 1.165) is 0 Å². The summed E-state index contributed by atoms with van der Waals surface area (Å²) in [5.41, 5.74) is 0. The second-order valence-corrected chi connectivity index (χ2v) is 4.95. The van der Waals surface area contributed by atoms with E-state index in [2.05, 4.69) is 20.4 Å². The zero-order chi connectivity index (χ0) is 11.5. The molecule has 7 nitrogen and oxygen atoms in total. The Bertz CT molecular complexity index is 413. The van der Waals surface area contributed by atoms with Crippen LogP contribution in [-0.4, -0.2) is 43.0 Å². The molecule has 8 heteroatoms. The summed E-state index contributed by atoms with van der Waals surface area (Å²) in [6, 6.07) is 0.0703. The number of nitrogens with zero attached hydrogens (tertiary/aromatic N) is 3. The standard InChI is InChI=1S/C7H15N5O2S/c1-6(8-2)4-10-15(13,14)7-5-9-11-12(7)3/h5-6,8,10H,4H2,1-3H3. The predicted molar refractivity (Wildman–Crippen MR) is 54.7 cm³/mol. The Kier molecular flexibility index (Phi) is 3.77. The van der Waals surface area contributed by atoms with Crippen molar-refractivity contribution in [3.05, 3.63) is 6.20 Å². The van der Waals surface area contributed by atoms with Crippen LogP contribution in [-0.2, 0) is 17.1 Å². The zero-order valence-electron chi connectivity index (χ0n) is 8.93. The van der Waals surface area contributed by atoms with Crippen molar-refractivity contribution >= 4 is 10.0 Å². The summed E-state index contributed by atoms with van der Waals surface area (Å²) in [7, 11) is -0.206. The molecule has 0 aromatic carbocycles. The van der Waals surface area contributed by atoms with E-state index < -0.39 is 10.0 Å². The van der Waals surface area contributed by atoms with Crippen LogP contribution in [0.15, 0.2) is 11.2 Å².